The molecule has 2 unspecified atom stereocenters. The van der Waals surface area contributed by atoms with Crippen molar-refractivity contribution in [1.82, 2.24) is 16.0 Å². The molecule has 2 atom stereocenters. The first-order chi connectivity index (χ1) is 14.9. The number of allylic oxidation sites excluding steroid dienone is 2. The number of carbonyl (C=O) groups excluding carboxylic acids is 3. The van der Waals surface area contributed by atoms with Crippen molar-refractivity contribution in [3.63, 3.8) is 0 Å². The van der Waals surface area contributed by atoms with Gasteiger partial charge in [-0.05, 0) is 63.1 Å². The molecule has 192 valence electrons. The summed E-state index contributed by atoms with van der Waals surface area (Å²) in [6.45, 7) is 1.46. The monoisotopic (exact) mass is 474 g/mol. The lowest BCUT2D eigenvalue weighted by atomic mass is 10.1. The number of nitrogens with one attached hydrogen (secondary N) is 3. The van der Waals surface area contributed by atoms with E-state index in [0.29, 0.717) is 38.2 Å². The molecule has 0 saturated carbocycles. The first-order valence-corrected chi connectivity index (χ1v) is 9.96. The Morgan fingerprint density at radius 2 is 1.27 bits per heavy atom. The van der Waals surface area contributed by atoms with E-state index >= 15 is 0 Å². The Balaban J connectivity index is -0.000000244. The Kier molecular flexibility index (Phi) is 32.7. The van der Waals surface area contributed by atoms with Gasteiger partial charge in [-0.2, -0.15) is 0 Å². The maximum Gasteiger partial charge on any atom is 0.320 e. The smallest absolute Gasteiger partial charge is 0.320 e. The number of nitrogens with two attached hydrogens (primary N) is 1. The van der Waals surface area contributed by atoms with Crippen molar-refractivity contribution in [3.05, 3.63) is 24.6 Å². The Bertz CT molecular complexity index is 569. The molecular weight excluding hydrogens is 432 g/mol. The highest BCUT2D eigenvalue weighted by atomic mass is 16.4. The van der Waals surface area contributed by atoms with Crippen LogP contribution >= 0.6 is 0 Å². The van der Waals surface area contributed by atoms with Crippen molar-refractivity contribution in [2.45, 2.75) is 65.5 Å². The van der Waals surface area contributed by atoms with E-state index in [-0.39, 0.29) is 21.4 Å². The van der Waals surface area contributed by atoms with Crippen LogP contribution in [0.5, 0.6) is 0 Å². The van der Waals surface area contributed by atoms with Crippen LogP contribution in [-0.4, -0.2) is 72.7 Å². The number of carboxylic acid groups (broad SMARTS) is 2. The number of aldehydes is 3. The molecule has 0 radical (unpaired) electrons. The van der Waals surface area contributed by atoms with Crippen molar-refractivity contribution in [2.24, 2.45) is 5.73 Å². The summed E-state index contributed by atoms with van der Waals surface area (Å²) < 4.78 is 0. The number of carboxylic acids is 2. The van der Waals surface area contributed by atoms with Crippen molar-refractivity contribution in [2.75, 3.05) is 19.6 Å². The highest BCUT2D eigenvalue weighted by Gasteiger charge is 2.15. The van der Waals surface area contributed by atoms with Gasteiger partial charge in [0.25, 0.3) is 0 Å². The summed E-state index contributed by atoms with van der Waals surface area (Å²) in [5.41, 5.74) is 5.30. The van der Waals surface area contributed by atoms with Crippen LogP contribution in [-0.2, 0) is 24.0 Å². The Hall–Kier alpha value is -3.05. The molecule has 11 nitrogen and oxygen atoms in total. The fourth-order valence-electron chi connectivity index (χ4n) is 2.17. The fraction of sp³-hybridized carbons (Fsp3) is 0.591. The van der Waals surface area contributed by atoms with Gasteiger partial charge in [0.15, 0.2) is 0 Å². The summed E-state index contributed by atoms with van der Waals surface area (Å²) in [6, 6.07) is -1.44. The van der Waals surface area contributed by atoms with Crippen LogP contribution in [0, 0.1) is 0 Å². The second kappa shape index (κ2) is 28.9. The largest absolute Gasteiger partial charge is 0.480 e. The van der Waals surface area contributed by atoms with Crippen LogP contribution in [0.4, 0.5) is 0 Å². The molecule has 0 aromatic heterocycles. The van der Waals surface area contributed by atoms with Gasteiger partial charge in [0.2, 0.25) is 0 Å². The van der Waals surface area contributed by atoms with Crippen molar-refractivity contribution < 1.29 is 34.2 Å². The molecule has 0 aliphatic rings. The maximum atomic E-state index is 10.8. The van der Waals surface area contributed by atoms with E-state index in [1.54, 1.807) is 12.4 Å². The number of hydrogen-bond donors (Lipinski definition) is 6. The summed E-state index contributed by atoms with van der Waals surface area (Å²) in [6.07, 6.45) is 11.9. The average Bonchev–Trinajstić information content (AvgIpc) is 2.74. The van der Waals surface area contributed by atoms with E-state index in [0.717, 1.165) is 32.2 Å². The first kappa shape index (κ1) is 37.3. The molecule has 0 saturated heterocycles. The molecule has 0 spiro atoms. The Morgan fingerprint density at radius 3 is 1.67 bits per heavy atom. The van der Waals surface area contributed by atoms with Crippen LogP contribution in [0.2, 0.25) is 0 Å². The zero-order valence-corrected chi connectivity index (χ0v) is 17.6. The maximum absolute atomic E-state index is 10.8. The minimum absolute atomic E-state index is 0. The number of aliphatic carboxylic acids is 2. The van der Waals surface area contributed by atoms with Gasteiger partial charge in [0.05, 0.1) is 6.54 Å². The van der Waals surface area contributed by atoms with E-state index in [1.807, 2.05) is 0 Å². The minimum Gasteiger partial charge on any atom is -0.480 e. The second-order valence-corrected chi connectivity index (χ2v) is 6.30. The predicted octanol–water partition coefficient (Wildman–Crippen LogP) is 0.844. The topological polar surface area (TPSA) is 188 Å². The predicted molar refractivity (Wildman–Crippen MR) is 129 cm³/mol. The lowest BCUT2D eigenvalue weighted by Crippen LogP contribution is -2.37. The van der Waals surface area contributed by atoms with Gasteiger partial charge in [-0.1, -0.05) is 14.9 Å². The summed E-state index contributed by atoms with van der Waals surface area (Å²) in [5, 5.41) is 25.7. The normalized spacial score (nSPS) is 11.7. The molecule has 0 aromatic carbocycles. The number of hydrogen-bond acceptors (Lipinski definition) is 9. The van der Waals surface area contributed by atoms with E-state index in [4.69, 9.17) is 15.9 Å². The molecule has 0 aliphatic heterocycles. The molecule has 0 aromatic rings. The highest BCUT2D eigenvalue weighted by molar-refractivity contribution is 5.74. The lowest BCUT2D eigenvalue weighted by Gasteiger charge is -2.12. The molecule has 0 amide bonds. The molecule has 0 fully saturated rings. The van der Waals surface area contributed by atoms with E-state index in [2.05, 4.69) is 16.0 Å². The van der Waals surface area contributed by atoms with Gasteiger partial charge >= 0.3 is 11.9 Å². The summed E-state index contributed by atoms with van der Waals surface area (Å²) >= 11 is 0. The van der Waals surface area contributed by atoms with Gasteiger partial charge in [-0.3, -0.25) is 24.5 Å². The Morgan fingerprint density at radius 1 is 0.788 bits per heavy atom. The number of rotatable bonds is 19. The summed E-state index contributed by atoms with van der Waals surface area (Å²) in [7, 11) is 0. The standard InChI is InChI=1S/C11H18N2O4.C9H16N2O3.2CH4/c14-8-3-6-12-5-2-1-4-10(11(16)17)13-7-9-15;10-8(9(13)14)4-1-2-5-11-6-3-7-12;;/h3,6,8-10,12-13H,1-2,4-5,7H2,(H,16,17);3,6-8,11H,1-2,4-5,10H2,(H,13,14);2*1H4. The van der Waals surface area contributed by atoms with Crippen LogP contribution in [0.25, 0.3) is 0 Å². The summed E-state index contributed by atoms with van der Waals surface area (Å²) in [4.78, 5) is 51.0. The molecule has 0 bridgehead atoms. The van der Waals surface area contributed by atoms with Crippen molar-refractivity contribution in [1.29, 1.82) is 0 Å². The van der Waals surface area contributed by atoms with E-state index in [1.165, 1.54) is 12.2 Å². The van der Waals surface area contributed by atoms with Gasteiger partial charge in [0.1, 0.15) is 30.9 Å². The van der Waals surface area contributed by atoms with Crippen LogP contribution in [0.1, 0.15) is 53.4 Å². The average molecular weight is 475 g/mol. The molecule has 0 rings (SSSR count). The third-order valence-electron chi connectivity index (χ3n) is 3.80. The first-order valence-electron chi connectivity index (χ1n) is 9.96. The SMILES string of the molecule is C.C.NC(CCCCNC=CC=O)C(=O)O.O=CC=CNCCCCC(NCC=O)C(=O)O. The molecule has 33 heavy (non-hydrogen) atoms. The van der Waals surface area contributed by atoms with Crippen LogP contribution in [0.3, 0.4) is 0 Å². The minimum atomic E-state index is -0.959. The second-order valence-electron chi connectivity index (χ2n) is 6.30. The van der Waals surface area contributed by atoms with Gasteiger partial charge in [-0.15, -0.1) is 0 Å². The van der Waals surface area contributed by atoms with E-state index in [9.17, 15) is 24.0 Å². The molecule has 0 heterocycles. The van der Waals surface area contributed by atoms with Gasteiger partial charge < -0.3 is 31.4 Å². The van der Waals surface area contributed by atoms with Gasteiger partial charge in [0, 0.05) is 13.1 Å². The summed E-state index contributed by atoms with van der Waals surface area (Å²) in [5.74, 6) is -1.90. The van der Waals surface area contributed by atoms with Crippen LogP contribution in [0.15, 0.2) is 24.6 Å². The van der Waals surface area contributed by atoms with Crippen molar-refractivity contribution in [3.8, 4) is 0 Å². The molecule has 7 N–H and O–H groups in total. The lowest BCUT2D eigenvalue weighted by molar-refractivity contribution is -0.140. The quantitative estimate of drug-likeness (QED) is 0.0884. The number of unbranched alkanes of at least 4 members (excludes halogenated alkanes) is 2. The highest BCUT2D eigenvalue weighted by Crippen LogP contribution is 2.00. The van der Waals surface area contributed by atoms with Crippen LogP contribution < -0.4 is 21.7 Å². The third-order valence-corrected chi connectivity index (χ3v) is 3.80. The fourth-order valence-corrected chi connectivity index (χ4v) is 2.17. The Labute approximate surface area is 196 Å². The third kappa shape index (κ3) is 28.9. The molecule has 0 aliphatic carbocycles. The zero-order valence-electron chi connectivity index (χ0n) is 17.6. The van der Waals surface area contributed by atoms with E-state index < -0.39 is 24.0 Å². The van der Waals surface area contributed by atoms with Gasteiger partial charge in [-0.25, -0.2) is 0 Å². The molecule has 11 heteroatoms. The van der Waals surface area contributed by atoms with Crippen molar-refractivity contribution >= 4 is 30.8 Å². The molecular formula is C22H42N4O7. The zero-order chi connectivity index (χ0) is 23.7. The number of carbonyl (C=O) groups is 5.